The molecule has 0 aliphatic rings. The fraction of sp³-hybridized carbons (Fsp3) is 0.364. The van der Waals surface area contributed by atoms with E-state index in [4.69, 9.17) is 10.5 Å². The van der Waals surface area contributed by atoms with Crippen LogP contribution in [0.3, 0.4) is 0 Å². The van der Waals surface area contributed by atoms with E-state index in [-0.39, 0.29) is 18.9 Å². The zero-order chi connectivity index (χ0) is 11.1. The van der Waals surface area contributed by atoms with Gasteiger partial charge >= 0.3 is 0 Å². The smallest absolute Gasteiger partial charge is 0.165 e. The van der Waals surface area contributed by atoms with Gasteiger partial charge in [-0.2, -0.15) is 0 Å². The number of nitrogens with one attached hydrogen (secondary N) is 1. The number of benzene rings is 1. The number of ketones is 1. The molecule has 0 bridgehead atoms. The van der Waals surface area contributed by atoms with Crippen molar-refractivity contribution in [2.75, 3.05) is 25.0 Å². The number of hydrogen-bond acceptors (Lipinski definition) is 4. The zero-order valence-electron chi connectivity index (χ0n) is 8.82. The van der Waals surface area contributed by atoms with Crippen LogP contribution in [-0.2, 0) is 4.79 Å². The first-order chi connectivity index (χ1) is 7.26. The van der Waals surface area contributed by atoms with Crippen molar-refractivity contribution in [3.8, 4) is 5.75 Å². The Balaban J connectivity index is 2.45. The van der Waals surface area contributed by atoms with Crippen molar-refractivity contribution in [1.82, 2.24) is 0 Å². The lowest BCUT2D eigenvalue weighted by atomic mass is 10.3. The first-order valence-corrected chi connectivity index (χ1v) is 4.94. The number of carbonyl (C=O) groups excluding carboxylic acids is 1. The molecule has 82 valence electrons. The Labute approximate surface area is 89.4 Å². The molecule has 4 heteroatoms. The van der Waals surface area contributed by atoms with Gasteiger partial charge in [-0.1, -0.05) is 0 Å². The number of hydrogen-bond donors (Lipinski definition) is 2. The Hall–Kier alpha value is -1.55. The standard InChI is InChI=1S/C11H16N2O2/c1-2-15-11-5-3-9(4-6-11)13-8-10(14)7-12/h3-6,13H,2,7-8,12H2,1H3. The molecule has 0 radical (unpaired) electrons. The summed E-state index contributed by atoms with van der Waals surface area (Å²) in [6.45, 7) is 2.93. The molecule has 4 nitrogen and oxygen atoms in total. The van der Waals surface area contributed by atoms with E-state index in [0.717, 1.165) is 11.4 Å². The van der Waals surface area contributed by atoms with Crippen molar-refractivity contribution in [1.29, 1.82) is 0 Å². The molecule has 0 aliphatic heterocycles. The lowest BCUT2D eigenvalue weighted by Gasteiger charge is -2.06. The Kier molecular flexibility index (Phi) is 4.63. The second kappa shape index (κ2) is 6.03. The first-order valence-electron chi connectivity index (χ1n) is 4.94. The zero-order valence-corrected chi connectivity index (χ0v) is 8.82. The van der Waals surface area contributed by atoms with E-state index in [1.807, 2.05) is 31.2 Å². The summed E-state index contributed by atoms with van der Waals surface area (Å²) in [5.41, 5.74) is 6.08. The Bertz CT molecular complexity index is 309. The van der Waals surface area contributed by atoms with Gasteiger partial charge in [-0.25, -0.2) is 0 Å². The van der Waals surface area contributed by atoms with Gasteiger partial charge in [0, 0.05) is 5.69 Å². The van der Waals surface area contributed by atoms with Gasteiger partial charge < -0.3 is 15.8 Å². The molecule has 0 saturated carbocycles. The second-order valence-corrected chi connectivity index (χ2v) is 3.05. The molecule has 0 fully saturated rings. The summed E-state index contributed by atoms with van der Waals surface area (Å²) >= 11 is 0. The Morgan fingerprint density at radius 2 is 2.07 bits per heavy atom. The minimum absolute atomic E-state index is 0.0103. The largest absolute Gasteiger partial charge is 0.494 e. The predicted molar refractivity (Wildman–Crippen MR) is 60.2 cm³/mol. The monoisotopic (exact) mass is 208 g/mol. The van der Waals surface area contributed by atoms with Crippen LogP contribution in [0.1, 0.15) is 6.92 Å². The molecule has 0 atom stereocenters. The topological polar surface area (TPSA) is 64.3 Å². The molecule has 0 amide bonds. The van der Waals surface area contributed by atoms with Crippen molar-refractivity contribution in [2.45, 2.75) is 6.92 Å². The molecule has 0 aromatic heterocycles. The van der Waals surface area contributed by atoms with Gasteiger partial charge in [0.05, 0.1) is 19.7 Å². The summed E-state index contributed by atoms with van der Waals surface area (Å²) in [5.74, 6) is 0.817. The molecule has 15 heavy (non-hydrogen) atoms. The number of anilines is 1. The summed E-state index contributed by atoms with van der Waals surface area (Å²) in [6.07, 6.45) is 0. The molecular weight excluding hydrogens is 192 g/mol. The third-order valence-corrected chi connectivity index (χ3v) is 1.88. The molecule has 0 saturated heterocycles. The third-order valence-electron chi connectivity index (χ3n) is 1.88. The average Bonchev–Trinajstić information content (AvgIpc) is 2.28. The number of rotatable bonds is 6. The molecule has 1 aromatic rings. The highest BCUT2D eigenvalue weighted by Crippen LogP contribution is 2.15. The Morgan fingerprint density at radius 1 is 1.40 bits per heavy atom. The van der Waals surface area contributed by atoms with E-state index >= 15 is 0 Å². The lowest BCUT2D eigenvalue weighted by Crippen LogP contribution is -2.22. The van der Waals surface area contributed by atoms with E-state index in [9.17, 15) is 4.79 Å². The van der Waals surface area contributed by atoms with Crippen LogP contribution >= 0.6 is 0 Å². The summed E-state index contributed by atoms with van der Waals surface area (Å²) in [6, 6.07) is 7.46. The molecule has 1 rings (SSSR count). The van der Waals surface area contributed by atoms with Gasteiger partial charge in [0.25, 0.3) is 0 Å². The molecule has 0 aliphatic carbocycles. The van der Waals surface area contributed by atoms with Crippen LogP contribution in [0, 0.1) is 0 Å². The average molecular weight is 208 g/mol. The molecule has 3 N–H and O–H groups in total. The van der Waals surface area contributed by atoms with Crippen molar-refractivity contribution in [2.24, 2.45) is 5.73 Å². The van der Waals surface area contributed by atoms with E-state index in [0.29, 0.717) is 6.61 Å². The van der Waals surface area contributed by atoms with Crippen molar-refractivity contribution >= 4 is 11.5 Å². The third kappa shape index (κ3) is 3.99. The Morgan fingerprint density at radius 3 is 2.60 bits per heavy atom. The van der Waals surface area contributed by atoms with Crippen LogP contribution in [0.15, 0.2) is 24.3 Å². The maximum Gasteiger partial charge on any atom is 0.165 e. The van der Waals surface area contributed by atoms with E-state index < -0.39 is 0 Å². The number of nitrogens with two attached hydrogens (primary N) is 1. The van der Waals surface area contributed by atoms with Crippen LogP contribution in [0.4, 0.5) is 5.69 Å². The van der Waals surface area contributed by atoms with Gasteiger partial charge in [-0.3, -0.25) is 4.79 Å². The van der Waals surface area contributed by atoms with E-state index in [2.05, 4.69) is 5.32 Å². The first kappa shape index (κ1) is 11.5. The SMILES string of the molecule is CCOc1ccc(NCC(=O)CN)cc1. The van der Waals surface area contributed by atoms with Crippen molar-refractivity contribution < 1.29 is 9.53 Å². The van der Waals surface area contributed by atoms with Gasteiger partial charge in [0.2, 0.25) is 0 Å². The van der Waals surface area contributed by atoms with Gasteiger partial charge in [-0.15, -0.1) is 0 Å². The quantitative estimate of drug-likeness (QED) is 0.732. The maximum atomic E-state index is 10.9. The fourth-order valence-corrected chi connectivity index (χ4v) is 1.11. The summed E-state index contributed by atoms with van der Waals surface area (Å²) < 4.78 is 5.29. The normalized spacial score (nSPS) is 9.73. The van der Waals surface area contributed by atoms with Crippen LogP contribution in [0.5, 0.6) is 5.75 Å². The van der Waals surface area contributed by atoms with Crippen molar-refractivity contribution in [3.05, 3.63) is 24.3 Å². The van der Waals surface area contributed by atoms with Crippen LogP contribution in [0.2, 0.25) is 0 Å². The number of carbonyl (C=O) groups is 1. The van der Waals surface area contributed by atoms with Crippen LogP contribution in [0.25, 0.3) is 0 Å². The predicted octanol–water partition coefficient (Wildman–Crippen LogP) is 1.02. The number of ether oxygens (including phenoxy) is 1. The molecule has 1 aromatic carbocycles. The summed E-state index contributed by atoms with van der Waals surface area (Å²) in [4.78, 5) is 10.9. The van der Waals surface area contributed by atoms with Gasteiger partial charge in [0.1, 0.15) is 5.75 Å². The van der Waals surface area contributed by atoms with Crippen molar-refractivity contribution in [3.63, 3.8) is 0 Å². The molecule has 0 unspecified atom stereocenters. The minimum atomic E-state index is -0.0103. The highest BCUT2D eigenvalue weighted by atomic mass is 16.5. The van der Waals surface area contributed by atoms with Crippen LogP contribution < -0.4 is 15.8 Å². The van der Waals surface area contributed by atoms with E-state index in [1.165, 1.54) is 0 Å². The fourth-order valence-electron chi connectivity index (χ4n) is 1.11. The van der Waals surface area contributed by atoms with Crippen LogP contribution in [-0.4, -0.2) is 25.5 Å². The molecular formula is C11H16N2O2. The van der Waals surface area contributed by atoms with Gasteiger partial charge in [0.15, 0.2) is 5.78 Å². The lowest BCUT2D eigenvalue weighted by molar-refractivity contribution is -0.116. The maximum absolute atomic E-state index is 10.9. The highest BCUT2D eigenvalue weighted by molar-refractivity contribution is 5.84. The highest BCUT2D eigenvalue weighted by Gasteiger charge is 1.98. The minimum Gasteiger partial charge on any atom is -0.494 e. The van der Waals surface area contributed by atoms with Gasteiger partial charge in [-0.05, 0) is 31.2 Å². The summed E-state index contributed by atoms with van der Waals surface area (Å²) in [7, 11) is 0. The molecule has 0 spiro atoms. The van der Waals surface area contributed by atoms with E-state index in [1.54, 1.807) is 0 Å². The number of Topliss-reactive ketones (excluding diaryl/α,β-unsaturated/α-hetero) is 1. The molecule has 0 heterocycles. The summed E-state index contributed by atoms with van der Waals surface area (Å²) in [5, 5.41) is 2.98. The second-order valence-electron chi connectivity index (χ2n) is 3.05.